The number of nitrogens with one attached hydrogen (secondary N) is 1. The molecule has 8 heteroatoms. The fourth-order valence-electron chi connectivity index (χ4n) is 4.48. The molecule has 2 aromatic rings. The van der Waals surface area contributed by atoms with Crippen LogP contribution in [0.5, 0.6) is 0 Å². The number of aliphatic carboxylic acids is 1. The number of amides is 3. The van der Waals surface area contributed by atoms with Crippen molar-refractivity contribution in [3.8, 4) is 0 Å². The highest BCUT2D eigenvalue weighted by atomic mass is 32.2. The lowest BCUT2D eigenvalue weighted by molar-refractivity contribution is -0.146. The zero-order valence-corrected chi connectivity index (χ0v) is 19.8. The van der Waals surface area contributed by atoms with Crippen molar-refractivity contribution >= 4 is 46.8 Å². The van der Waals surface area contributed by atoms with Gasteiger partial charge in [0.2, 0.25) is 17.7 Å². The van der Waals surface area contributed by atoms with Crippen LogP contribution in [0.4, 0.5) is 11.4 Å². The van der Waals surface area contributed by atoms with Crippen LogP contribution < -0.4 is 10.2 Å². The van der Waals surface area contributed by atoms with Crippen LogP contribution in [0.15, 0.2) is 59.5 Å². The van der Waals surface area contributed by atoms with Crippen molar-refractivity contribution in [1.82, 2.24) is 0 Å². The van der Waals surface area contributed by atoms with Gasteiger partial charge in [0.15, 0.2) is 0 Å². The number of thioether (sulfide) groups is 1. The maximum Gasteiger partial charge on any atom is 0.307 e. The number of hydrogen-bond acceptors (Lipinski definition) is 5. The highest BCUT2D eigenvalue weighted by Gasteiger charge is 2.41. The van der Waals surface area contributed by atoms with Gasteiger partial charge in [0, 0.05) is 17.0 Å². The number of carboxylic acids is 1. The molecule has 2 aliphatic rings. The van der Waals surface area contributed by atoms with E-state index in [1.54, 1.807) is 30.3 Å². The first-order valence-corrected chi connectivity index (χ1v) is 12.0. The van der Waals surface area contributed by atoms with E-state index in [9.17, 15) is 24.3 Å². The first-order chi connectivity index (χ1) is 16.3. The van der Waals surface area contributed by atoms with Gasteiger partial charge in [-0.2, -0.15) is 0 Å². The maximum atomic E-state index is 13.1. The Morgan fingerprint density at radius 2 is 1.59 bits per heavy atom. The Kier molecular flexibility index (Phi) is 6.88. The number of carboxylic acid groups (broad SMARTS) is 1. The Balaban J connectivity index is 1.42. The Bertz CT molecular complexity index is 1150. The van der Waals surface area contributed by atoms with Crippen molar-refractivity contribution in [1.29, 1.82) is 0 Å². The number of para-hydroxylation sites is 1. The number of rotatable bonds is 6. The summed E-state index contributed by atoms with van der Waals surface area (Å²) >= 11 is 1.32. The molecule has 2 N–H and O–H groups in total. The predicted molar refractivity (Wildman–Crippen MR) is 131 cm³/mol. The Labute approximate surface area is 202 Å². The number of carbonyl (C=O) groups excluding carboxylic acids is 3. The predicted octanol–water partition coefficient (Wildman–Crippen LogP) is 4.33. The van der Waals surface area contributed by atoms with E-state index in [2.05, 4.69) is 5.32 Å². The number of carbonyl (C=O) groups is 4. The third-order valence-corrected chi connectivity index (χ3v) is 7.45. The van der Waals surface area contributed by atoms with E-state index >= 15 is 0 Å². The third-order valence-electron chi connectivity index (χ3n) is 6.25. The van der Waals surface area contributed by atoms with Crippen molar-refractivity contribution in [2.24, 2.45) is 11.8 Å². The van der Waals surface area contributed by atoms with E-state index in [0.717, 1.165) is 16.0 Å². The number of hydrogen-bond donors (Lipinski definition) is 2. The second-order valence-corrected chi connectivity index (χ2v) is 9.90. The maximum absolute atomic E-state index is 13.1. The van der Waals surface area contributed by atoms with Gasteiger partial charge in [-0.3, -0.25) is 19.2 Å². The van der Waals surface area contributed by atoms with E-state index in [4.69, 9.17) is 0 Å². The zero-order chi connectivity index (χ0) is 24.4. The lowest BCUT2D eigenvalue weighted by Crippen LogP contribution is -2.34. The molecule has 176 valence electrons. The quantitative estimate of drug-likeness (QED) is 0.473. The molecule has 4 rings (SSSR count). The van der Waals surface area contributed by atoms with Crippen molar-refractivity contribution in [2.75, 3.05) is 10.2 Å². The number of anilines is 2. The monoisotopic (exact) mass is 478 g/mol. The summed E-state index contributed by atoms with van der Waals surface area (Å²) in [4.78, 5) is 52.0. The lowest BCUT2D eigenvalue weighted by Gasteiger charge is -2.24. The second kappa shape index (κ2) is 9.85. The molecule has 2 aromatic carbocycles. The zero-order valence-electron chi connectivity index (χ0n) is 19.0. The van der Waals surface area contributed by atoms with E-state index in [0.29, 0.717) is 24.2 Å². The van der Waals surface area contributed by atoms with Crippen molar-refractivity contribution in [3.05, 3.63) is 65.7 Å². The molecule has 34 heavy (non-hydrogen) atoms. The van der Waals surface area contributed by atoms with Crippen LogP contribution in [-0.4, -0.2) is 34.0 Å². The minimum atomic E-state index is -0.970. The van der Waals surface area contributed by atoms with Gasteiger partial charge in [-0.1, -0.05) is 30.4 Å². The highest BCUT2D eigenvalue weighted by Crippen LogP contribution is 2.37. The smallest absolute Gasteiger partial charge is 0.307 e. The molecular weight excluding hydrogens is 452 g/mol. The second-order valence-electron chi connectivity index (χ2n) is 8.63. The molecule has 1 aliphatic heterocycles. The first-order valence-electron chi connectivity index (χ1n) is 11.1. The van der Waals surface area contributed by atoms with Gasteiger partial charge < -0.3 is 10.4 Å². The summed E-state index contributed by atoms with van der Waals surface area (Å²) in [6, 6.07) is 12.7. The number of nitrogens with zero attached hydrogens (tertiary/aromatic N) is 1. The molecule has 1 heterocycles. The molecule has 0 radical (unpaired) electrons. The van der Waals surface area contributed by atoms with Gasteiger partial charge in [0.1, 0.15) is 0 Å². The summed E-state index contributed by atoms with van der Waals surface area (Å²) in [6.45, 7) is 3.78. The molecule has 3 atom stereocenters. The molecule has 1 saturated heterocycles. The van der Waals surface area contributed by atoms with Gasteiger partial charge >= 0.3 is 5.97 Å². The topological polar surface area (TPSA) is 104 Å². The van der Waals surface area contributed by atoms with Gasteiger partial charge in [0.05, 0.1) is 22.8 Å². The van der Waals surface area contributed by atoms with Crippen LogP contribution >= 0.6 is 11.8 Å². The molecule has 3 unspecified atom stereocenters. The van der Waals surface area contributed by atoms with Crippen LogP contribution in [0.3, 0.4) is 0 Å². The molecule has 1 fully saturated rings. The van der Waals surface area contributed by atoms with Crippen LogP contribution in [0, 0.1) is 25.7 Å². The van der Waals surface area contributed by atoms with Crippen molar-refractivity contribution in [2.45, 2.75) is 43.3 Å². The van der Waals surface area contributed by atoms with Crippen molar-refractivity contribution in [3.63, 3.8) is 0 Å². The van der Waals surface area contributed by atoms with Crippen LogP contribution in [0.1, 0.15) is 30.4 Å². The van der Waals surface area contributed by atoms with Crippen LogP contribution in [0.25, 0.3) is 0 Å². The summed E-state index contributed by atoms with van der Waals surface area (Å²) in [5, 5.41) is 11.7. The largest absolute Gasteiger partial charge is 0.481 e. The standard InChI is InChI=1S/C26H26N2O5S/c1-15-6-5-7-16(2)23(15)28-22(29)14-21(25(28)31)34-18-12-10-17(11-13-18)27-24(30)19-8-3-4-9-20(19)26(32)33/h3-7,10-13,19-21H,8-9,14H2,1-2H3,(H,27,30)(H,32,33). The molecule has 0 aromatic heterocycles. The van der Waals surface area contributed by atoms with Crippen molar-refractivity contribution < 1.29 is 24.3 Å². The third kappa shape index (κ3) is 4.77. The summed E-state index contributed by atoms with van der Waals surface area (Å²) in [5.41, 5.74) is 2.98. The Morgan fingerprint density at radius 3 is 2.21 bits per heavy atom. The molecule has 7 nitrogen and oxygen atoms in total. The normalized spacial score (nSPS) is 22.2. The van der Waals surface area contributed by atoms with Crippen LogP contribution in [0.2, 0.25) is 0 Å². The van der Waals surface area contributed by atoms with Gasteiger partial charge in [-0.15, -0.1) is 11.8 Å². The SMILES string of the molecule is Cc1cccc(C)c1N1C(=O)CC(Sc2ccc(NC(=O)C3CC=CCC3C(=O)O)cc2)C1=O. The average Bonchev–Trinajstić information content (AvgIpc) is 3.08. The first kappa shape index (κ1) is 23.8. The minimum absolute atomic E-state index is 0.127. The van der Waals surface area contributed by atoms with Gasteiger partial charge in [0.25, 0.3) is 0 Å². The summed E-state index contributed by atoms with van der Waals surface area (Å²) in [7, 11) is 0. The number of imide groups is 1. The minimum Gasteiger partial charge on any atom is -0.481 e. The van der Waals surface area contributed by atoms with Gasteiger partial charge in [-0.25, -0.2) is 4.90 Å². The van der Waals surface area contributed by atoms with E-state index in [1.807, 2.05) is 38.1 Å². The fraction of sp³-hybridized carbons (Fsp3) is 0.308. The summed E-state index contributed by atoms with van der Waals surface area (Å²) in [6.07, 6.45) is 4.50. The van der Waals surface area contributed by atoms with Crippen LogP contribution in [-0.2, 0) is 19.2 Å². The Hall–Kier alpha value is -3.39. The lowest BCUT2D eigenvalue weighted by atomic mass is 9.82. The van der Waals surface area contributed by atoms with E-state index < -0.39 is 23.1 Å². The molecule has 0 bridgehead atoms. The number of allylic oxidation sites excluding steroid dienone is 2. The van der Waals surface area contributed by atoms with E-state index in [-0.39, 0.29) is 24.1 Å². The Morgan fingerprint density at radius 1 is 0.971 bits per heavy atom. The molecule has 1 aliphatic carbocycles. The molecular formula is C26H26N2O5S. The number of aryl methyl sites for hydroxylation is 2. The molecule has 0 spiro atoms. The number of benzene rings is 2. The average molecular weight is 479 g/mol. The molecule has 3 amide bonds. The molecule has 0 saturated carbocycles. The summed E-state index contributed by atoms with van der Waals surface area (Å²) in [5.74, 6) is -3.08. The van der Waals surface area contributed by atoms with E-state index in [1.165, 1.54) is 16.7 Å². The summed E-state index contributed by atoms with van der Waals surface area (Å²) < 4.78 is 0. The fourth-order valence-corrected chi connectivity index (χ4v) is 5.54. The van der Waals surface area contributed by atoms with Gasteiger partial charge in [-0.05, 0) is 62.1 Å². The highest BCUT2D eigenvalue weighted by molar-refractivity contribution is 8.00.